The van der Waals surface area contributed by atoms with Crippen molar-refractivity contribution in [2.45, 2.75) is 45.4 Å². The van der Waals surface area contributed by atoms with Crippen molar-refractivity contribution in [1.82, 2.24) is 5.32 Å². The van der Waals surface area contributed by atoms with Gasteiger partial charge in [-0.2, -0.15) is 0 Å². The Morgan fingerprint density at radius 3 is 2.29 bits per heavy atom. The third-order valence-electron chi connectivity index (χ3n) is 2.83. The van der Waals surface area contributed by atoms with Gasteiger partial charge in [-0.3, -0.25) is 0 Å². The van der Waals surface area contributed by atoms with Crippen LogP contribution in [0.15, 0.2) is 24.3 Å². The maximum absolute atomic E-state index is 9.98. The zero-order chi connectivity index (χ0) is 12.7. The molecule has 3 nitrogen and oxygen atoms in total. The van der Waals surface area contributed by atoms with Gasteiger partial charge in [0.05, 0.1) is 12.2 Å². The van der Waals surface area contributed by atoms with Gasteiger partial charge in [0.1, 0.15) is 0 Å². The normalized spacial score (nSPS) is 14.6. The number of hydrogen-bond donors (Lipinski definition) is 3. The summed E-state index contributed by atoms with van der Waals surface area (Å²) < 4.78 is 0. The number of aliphatic hydroxyl groups is 2. The molecule has 3 N–H and O–H groups in total. The van der Waals surface area contributed by atoms with E-state index in [1.807, 2.05) is 31.2 Å². The van der Waals surface area contributed by atoms with Gasteiger partial charge in [-0.15, -0.1) is 0 Å². The molecule has 0 aliphatic heterocycles. The summed E-state index contributed by atoms with van der Waals surface area (Å²) in [6.45, 7) is 5.35. The fourth-order valence-electron chi connectivity index (χ4n) is 1.87. The van der Waals surface area contributed by atoms with Crippen LogP contribution in [0.3, 0.4) is 0 Å². The highest BCUT2D eigenvalue weighted by Crippen LogP contribution is 2.10. The third kappa shape index (κ3) is 5.31. The molecule has 1 aromatic carbocycles. The lowest BCUT2D eigenvalue weighted by atomic mass is 10.0. The molecule has 0 aliphatic rings. The standard InChI is InChI=1S/C14H23NO2/c1-3-8-14(2,17)11-15-9-12-4-6-13(10-16)7-5-12/h4-7,15-17H,3,8-11H2,1-2H3. The fraction of sp³-hybridized carbons (Fsp3) is 0.571. The summed E-state index contributed by atoms with van der Waals surface area (Å²) in [6.07, 6.45) is 1.79. The molecule has 0 heterocycles. The van der Waals surface area contributed by atoms with Crippen LogP contribution in [0.5, 0.6) is 0 Å². The maximum atomic E-state index is 9.98. The smallest absolute Gasteiger partial charge is 0.0743 e. The first-order chi connectivity index (χ1) is 8.07. The quantitative estimate of drug-likeness (QED) is 0.678. The maximum Gasteiger partial charge on any atom is 0.0743 e. The molecule has 0 bridgehead atoms. The number of benzene rings is 1. The topological polar surface area (TPSA) is 52.5 Å². The highest BCUT2D eigenvalue weighted by molar-refractivity contribution is 5.21. The lowest BCUT2D eigenvalue weighted by Gasteiger charge is -2.23. The van der Waals surface area contributed by atoms with E-state index in [1.165, 1.54) is 0 Å². The zero-order valence-corrected chi connectivity index (χ0v) is 10.7. The SMILES string of the molecule is CCCC(C)(O)CNCc1ccc(CO)cc1. The summed E-state index contributed by atoms with van der Waals surface area (Å²) in [4.78, 5) is 0. The second kappa shape index (κ2) is 6.74. The summed E-state index contributed by atoms with van der Waals surface area (Å²) in [5.41, 5.74) is 1.46. The molecule has 0 spiro atoms. The number of nitrogens with one attached hydrogen (secondary N) is 1. The summed E-state index contributed by atoms with van der Waals surface area (Å²) in [5, 5.41) is 22.2. The first-order valence-corrected chi connectivity index (χ1v) is 6.19. The summed E-state index contributed by atoms with van der Waals surface area (Å²) in [7, 11) is 0. The van der Waals surface area contributed by atoms with Crippen LogP contribution < -0.4 is 5.32 Å². The van der Waals surface area contributed by atoms with E-state index >= 15 is 0 Å². The molecule has 1 atom stereocenters. The highest BCUT2D eigenvalue weighted by Gasteiger charge is 2.17. The second-order valence-corrected chi connectivity index (χ2v) is 4.83. The molecule has 0 saturated carbocycles. The molecule has 1 rings (SSSR count). The molecule has 0 aliphatic carbocycles. The number of aliphatic hydroxyl groups excluding tert-OH is 1. The molecule has 1 aromatic rings. The summed E-state index contributed by atoms with van der Waals surface area (Å²) in [5.74, 6) is 0. The fourth-order valence-corrected chi connectivity index (χ4v) is 1.87. The van der Waals surface area contributed by atoms with Gasteiger partial charge in [-0.1, -0.05) is 37.6 Å². The molecule has 17 heavy (non-hydrogen) atoms. The largest absolute Gasteiger partial charge is 0.392 e. The minimum absolute atomic E-state index is 0.0823. The monoisotopic (exact) mass is 237 g/mol. The first kappa shape index (κ1) is 14.2. The van der Waals surface area contributed by atoms with Crippen molar-refractivity contribution in [3.05, 3.63) is 35.4 Å². The van der Waals surface area contributed by atoms with Gasteiger partial charge in [0.2, 0.25) is 0 Å². The molecule has 0 saturated heterocycles. The lowest BCUT2D eigenvalue weighted by Crippen LogP contribution is -2.37. The van der Waals surface area contributed by atoms with Crippen molar-refractivity contribution >= 4 is 0 Å². The Hall–Kier alpha value is -0.900. The minimum atomic E-state index is -0.625. The molecule has 1 unspecified atom stereocenters. The van der Waals surface area contributed by atoms with E-state index in [2.05, 4.69) is 12.2 Å². The molecule has 3 heteroatoms. The Kier molecular flexibility index (Phi) is 5.62. The number of hydrogen-bond acceptors (Lipinski definition) is 3. The van der Waals surface area contributed by atoms with Crippen molar-refractivity contribution in [3.8, 4) is 0 Å². The Morgan fingerprint density at radius 1 is 1.18 bits per heavy atom. The van der Waals surface area contributed by atoms with Crippen molar-refractivity contribution in [3.63, 3.8) is 0 Å². The van der Waals surface area contributed by atoms with E-state index in [0.717, 1.165) is 30.5 Å². The molecule has 0 amide bonds. The van der Waals surface area contributed by atoms with Crippen LogP contribution in [-0.4, -0.2) is 22.4 Å². The van der Waals surface area contributed by atoms with Gasteiger partial charge < -0.3 is 15.5 Å². The lowest BCUT2D eigenvalue weighted by molar-refractivity contribution is 0.0498. The summed E-state index contributed by atoms with van der Waals surface area (Å²) >= 11 is 0. The molecular weight excluding hydrogens is 214 g/mol. The van der Waals surface area contributed by atoms with Gasteiger partial charge in [0.25, 0.3) is 0 Å². The van der Waals surface area contributed by atoms with Gasteiger partial charge in [0.15, 0.2) is 0 Å². The van der Waals surface area contributed by atoms with Crippen LogP contribution in [0.25, 0.3) is 0 Å². The predicted octanol–water partition coefficient (Wildman–Crippen LogP) is 1.82. The van der Waals surface area contributed by atoms with Gasteiger partial charge >= 0.3 is 0 Å². The zero-order valence-electron chi connectivity index (χ0n) is 10.7. The average Bonchev–Trinajstić information content (AvgIpc) is 2.29. The van der Waals surface area contributed by atoms with Crippen LogP contribution >= 0.6 is 0 Å². The van der Waals surface area contributed by atoms with Crippen LogP contribution in [0.4, 0.5) is 0 Å². The predicted molar refractivity (Wildman–Crippen MR) is 69.6 cm³/mol. The van der Waals surface area contributed by atoms with Crippen LogP contribution in [0.2, 0.25) is 0 Å². The molecule has 96 valence electrons. The van der Waals surface area contributed by atoms with Crippen molar-refractivity contribution < 1.29 is 10.2 Å². The van der Waals surface area contributed by atoms with Crippen molar-refractivity contribution in [2.24, 2.45) is 0 Å². The van der Waals surface area contributed by atoms with Gasteiger partial charge in [0, 0.05) is 13.1 Å². The van der Waals surface area contributed by atoms with E-state index < -0.39 is 5.60 Å². The molecular formula is C14H23NO2. The average molecular weight is 237 g/mol. The van der Waals surface area contributed by atoms with E-state index in [0.29, 0.717) is 6.54 Å². The van der Waals surface area contributed by atoms with Crippen LogP contribution in [0.1, 0.15) is 37.8 Å². The molecule has 0 fully saturated rings. The Balaban J connectivity index is 2.35. The summed E-state index contributed by atoms with van der Waals surface area (Å²) in [6, 6.07) is 7.82. The second-order valence-electron chi connectivity index (χ2n) is 4.83. The highest BCUT2D eigenvalue weighted by atomic mass is 16.3. The van der Waals surface area contributed by atoms with Crippen LogP contribution in [0, 0.1) is 0 Å². The van der Waals surface area contributed by atoms with E-state index in [4.69, 9.17) is 5.11 Å². The number of rotatable bonds is 7. The Morgan fingerprint density at radius 2 is 1.76 bits per heavy atom. The van der Waals surface area contributed by atoms with E-state index in [9.17, 15) is 5.11 Å². The minimum Gasteiger partial charge on any atom is -0.392 e. The molecule has 0 radical (unpaired) electrons. The van der Waals surface area contributed by atoms with Gasteiger partial charge in [-0.25, -0.2) is 0 Å². The van der Waals surface area contributed by atoms with Crippen molar-refractivity contribution in [1.29, 1.82) is 0 Å². The Labute approximate surface area is 103 Å². The van der Waals surface area contributed by atoms with Gasteiger partial charge in [-0.05, 0) is 24.5 Å². The van der Waals surface area contributed by atoms with E-state index in [1.54, 1.807) is 0 Å². The third-order valence-corrected chi connectivity index (χ3v) is 2.83. The first-order valence-electron chi connectivity index (χ1n) is 6.19. The van der Waals surface area contributed by atoms with E-state index in [-0.39, 0.29) is 6.61 Å². The van der Waals surface area contributed by atoms with Crippen molar-refractivity contribution in [2.75, 3.05) is 6.54 Å². The Bertz CT molecular complexity index is 319. The molecule has 0 aromatic heterocycles. The van der Waals surface area contributed by atoms with Crippen LogP contribution in [-0.2, 0) is 13.2 Å².